The Kier molecular flexibility index (Phi) is 5.66. The van der Waals surface area contributed by atoms with E-state index >= 15 is 0 Å². The molecule has 0 aliphatic heterocycles. The smallest absolute Gasteiger partial charge is 0.249 e. The van der Waals surface area contributed by atoms with Crippen LogP contribution in [-0.2, 0) is 6.54 Å². The van der Waals surface area contributed by atoms with Crippen molar-refractivity contribution in [2.75, 3.05) is 13.2 Å². The van der Waals surface area contributed by atoms with E-state index in [1.807, 2.05) is 12.1 Å². The molecule has 1 amide bonds. The van der Waals surface area contributed by atoms with E-state index in [2.05, 4.69) is 12.2 Å². The van der Waals surface area contributed by atoms with Gasteiger partial charge in [-0.05, 0) is 30.5 Å². The van der Waals surface area contributed by atoms with Gasteiger partial charge in [0.15, 0.2) is 0 Å². The van der Waals surface area contributed by atoms with E-state index in [0.717, 1.165) is 18.5 Å². The van der Waals surface area contributed by atoms with Gasteiger partial charge in [-0.15, -0.1) is 0 Å². The molecule has 1 atom stereocenters. The molecule has 94 valence electrons. The molecular weight excluding hydrogens is 216 g/mol. The number of primary amides is 1. The van der Waals surface area contributed by atoms with Gasteiger partial charge in [-0.3, -0.25) is 4.79 Å². The molecule has 1 unspecified atom stereocenters. The Bertz CT molecular complexity index is 366. The molecule has 0 bridgehead atoms. The van der Waals surface area contributed by atoms with Crippen LogP contribution in [0.3, 0.4) is 0 Å². The SMILES string of the molecule is CC(CCO)CNCc1ccccc1C(N)=O. The number of amides is 1. The van der Waals surface area contributed by atoms with Crippen LogP contribution in [0, 0.1) is 5.92 Å². The van der Waals surface area contributed by atoms with Gasteiger partial charge in [0.2, 0.25) is 5.91 Å². The molecule has 1 aromatic carbocycles. The lowest BCUT2D eigenvalue weighted by atomic mass is 10.1. The zero-order valence-corrected chi connectivity index (χ0v) is 10.1. The highest BCUT2D eigenvalue weighted by Crippen LogP contribution is 2.08. The second kappa shape index (κ2) is 7.04. The van der Waals surface area contributed by atoms with Gasteiger partial charge < -0.3 is 16.2 Å². The number of aliphatic hydroxyl groups is 1. The molecule has 0 aliphatic carbocycles. The van der Waals surface area contributed by atoms with Crippen molar-refractivity contribution in [3.8, 4) is 0 Å². The van der Waals surface area contributed by atoms with Crippen LogP contribution < -0.4 is 11.1 Å². The van der Waals surface area contributed by atoms with Crippen molar-refractivity contribution >= 4 is 5.91 Å². The van der Waals surface area contributed by atoms with Crippen LogP contribution in [-0.4, -0.2) is 24.2 Å². The van der Waals surface area contributed by atoms with Crippen molar-refractivity contribution in [2.24, 2.45) is 11.7 Å². The summed E-state index contributed by atoms with van der Waals surface area (Å²) >= 11 is 0. The molecule has 1 aromatic rings. The van der Waals surface area contributed by atoms with E-state index < -0.39 is 5.91 Å². The van der Waals surface area contributed by atoms with Crippen LogP contribution in [0.5, 0.6) is 0 Å². The Morgan fingerprint density at radius 2 is 2.18 bits per heavy atom. The molecule has 17 heavy (non-hydrogen) atoms. The van der Waals surface area contributed by atoms with E-state index in [0.29, 0.717) is 18.0 Å². The summed E-state index contributed by atoms with van der Waals surface area (Å²) in [5.41, 5.74) is 6.77. The van der Waals surface area contributed by atoms with Gasteiger partial charge in [-0.1, -0.05) is 25.1 Å². The molecule has 0 fully saturated rings. The van der Waals surface area contributed by atoms with E-state index in [9.17, 15) is 4.79 Å². The first kappa shape index (κ1) is 13.7. The summed E-state index contributed by atoms with van der Waals surface area (Å²) in [7, 11) is 0. The predicted octanol–water partition coefficient (Wildman–Crippen LogP) is 0.894. The topological polar surface area (TPSA) is 75.3 Å². The van der Waals surface area contributed by atoms with Crippen molar-refractivity contribution in [2.45, 2.75) is 19.9 Å². The van der Waals surface area contributed by atoms with Gasteiger partial charge in [0.05, 0.1) is 0 Å². The van der Waals surface area contributed by atoms with E-state index in [1.54, 1.807) is 12.1 Å². The number of aliphatic hydroxyl groups excluding tert-OH is 1. The predicted molar refractivity (Wildman–Crippen MR) is 67.5 cm³/mol. The molecule has 0 radical (unpaired) electrons. The zero-order valence-electron chi connectivity index (χ0n) is 10.1. The normalized spacial score (nSPS) is 12.4. The number of nitrogens with one attached hydrogen (secondary N) is 1. The summed E-state index contributed by atoms with van der Waals surface area (Å²) in [6, 6.07) is 7.32. The van der Waals surface area contributed by atoms with Crippen LogP contribution in [0.4, 0.5) is 0 Å². The number of carbonyl (C=O) groups is 1. The van der Waals surface area contributed by atoms with Gasteiger partial charge in [-0.25, -0.2) is 0 Å². The van der Waals surface area contributed by atoms with Gasteiger partial charge >= 0.3 is 0 Å². The maximum atomic E-state index is 11.2. The fourth-order valence-corrected chi connectivity index (χ4v) is 1.69. The molecule has 4 nitrogen and oxygen atoms in total. The van der Waals surface area contributed by atoms with Crippen LogP contribution >= 0.6 is 0 Å². The molecule has 4 N–H and O–H groups in total. The first-order chi connectivity index (χ1) is 8.15. The van der Waals surface area contributed by atoms with E-state index in [-0.39, 0.29) is 6.61 Å². The summed E-state index contributed by atoms with van der Waals surface area (Å²) in [5.74, 6) is 0.0200. The fourth-order valence-electron chi connectivity index (χ4n) is 1.69. The highest BCUT2D eigenvalue weighted by Gasteiger charge is 2.07. The summed E-state index contributed by atoms with van der Waals surface area (Å²) < 4.78 is 0. The largest absolute Gasteiger partial charge is 0.396 e. The average Bonchev–Trinajstić information content (AvgIpc) is 2.30. The number of benzene rings is 1. The second-order valence-corrected chi connectivity index (χ2v) is 4.27. The lowest BCUT2D eigenvalue weighted by Gasteiger charge is -2.12. The van der Waals surface area contributed by atoms with Crippen molar-refractivity contribution in [1.82, 2.24) is 5.32 Å². The molecule has 4 heteroatoms. The summed E-state index contributed by atoms with van der Waals surface area (Å²) in [5, 5.41) is 12.0. The first-order valence-corrected chi connectivity index (χ1v) is 5.84. The Balaban J connectivity index is 2.49. The van der Waals surface area contributed by atoms with Crippen LogP contribution in [0.15, 0.2) is 24.3 Å². The van der Waals surface area contributed by atoms with Crippen LogP contribution in [0.1, 0.15) is 29.3 Å². The van der Waals surface area contributed by atoms with Crippen LogP contribution in [0.25, 0.3) is 0 Å². The highest BCUT2D eigenvalue weighted by molar-refractivity contribution is 5.94. The number of nitrogens with two attached hydrogens (primary N) is 1. The van der Waals surface area contributed by atoms with E-state index in [4.69, 9.17) is 10.8 Å². The maximum Gasteiger partial charge on any atom is 0.249 e. The molecule has 0 aliphatic rings. The Morgan fingerprint density at radius 1 is 1.47 bits per heavy atom. The molecule has 1 rings (SSSR count). The standard InChI is InChI=1S/C13H20N2O2/c1-10(6-7-16)8-15-9-11-4-2-3-5-12(11)13(14)17/h2-5,10,15-16H,6-9H2,1H3,(H2,14,17). The third kappa shape index (κ3) is 4.54. The minimum Gasteiger partial charge on any atom is -0.396 e. The third-order valence-electron chi connectivity index (χ3n) is 2.71. The maximum absolute atomic E-state index is 11.2. The zero-order chi connectivity index (χ0) is 12.7. The van der Waals surface area contributed by atoms with Crippen LogP contribution in [0.2, 0.25) is 0 Å². The van der Waals surface area contributed by atoms with E-state index in [1.165, 1.54) is 0 Å². The number of carbonyl (C=O) groups excluding carboxylic acids is 1. The van der Waals surface area contributed by atoms with Crippen molar-refractivity contribution in [1.29, 1.82) is 0 Å². The fraction of sp³-hybridized carbons (Fsp3) is 0.462. The molecule has 0 saturated heterocycles. The number of hydrogen-bond donors (Lipinski definition) is 3. The number of hydrogen-bond acceptors (Lipinski definition) is 3. The first-order valence-electron chi connectivity index (χ1n) is 5.84. The van der Waals surface area contributed by atoms with Crippen molar-refractivity contribution < 1.29 is 9.90 Å². The molecular formula is C13H20N2O2. The number of rotatable bonds is 7. The molecule has 0 aromatic heterocycles. The quantitative estimate of drug-likeness (QED) is 0.658. The molecule has 0 spiro atoms. The Labute approximate surface area is 102 Å². The minimum absolute atomic E-state index is 0.209. The third-order valence-corrected chi connectivity index (χ3v) is 2.71. The van der Waals surface area contributed by atoms with Crippen molar-refractivity contribution in [3.05, 3.63) is 35.4 Å². The monoisotopic (exact) mass is 236 g/mol. The molecule has 0 saturated carbocycles. The van der Waals surface area contributed by atoms with Gasteiger partial charge in [0, 0.05) is 18.7 Å². The molecule has 0 heterocycles. The Morgan fingerprint density at radius 3 is 2.82 bits per heavy atom. The summed E-state index contributed by atoms with van der Waals surface area (Å²) in [6.45, 7) is 3.71. The van der Waals surface area contributed by atoms with Crippen molar-refractivity contribution in [3.63, 3.8) is 0 Å². The van der Waals surface area contributed by atoms with Gasteiger partial charge in [0.1, 0.15) is 0 Å². The lowest BCUT2D eigenvalue weighted by molar-refractivity contribution is 0.0999. The average molecular weight is 236 g/mol. The summed E-state index contributed by atoms with van der Waals surface area (Å²) in [4.78, 5) is 11.2. The van der Waals surface area contributed by atoms with Gasteiger partial charge in [-0.2, -0.15) is 0 Å². The second-order valence-electron chi connectivity index (χ2n) is 4.27. The van der Waals surface area contributed by atoms with Gasteiger partial charge in [0.25, 0.3) is 0 Å². The summed E-state index contributed by atoms with van der Waals surface area (Å²) in [6.07, 6.45) is 0.782. The minimum atomic E-state index is -0.397. The highest BCUT2D eigenvalue weighted by atomic mass is 16.3. The Hall–Kier alpha value is -1.39. The lowest BCUT2D eigenvalue weighted by Crippen LogP contribution is -2.23.